The van der Waals surface area contributed by atoms with Gasteiger partial charge in [0.2, 0.25) is 0 Å². The smallest absolute Gasteiger partial charge is 0.159 e. The Balaban J connectivity index is 1.79. The number of rotatable bonds is 9. The first-order chi connectivity index (χ1) is 11.2. The van der Waals surface area contributed by atoms with Gasteiger partial charge in [0.25, 0.3) is 0 Å². The van der Waals surface area contributed by atoms with Gasteiger partial charge in [-0.05, 0) is 54.7 Å². The van der Waals surface area contributed by atoms with Gasteiger partial charge >= 0.3 is 0 Å². The summed E-state index contributed by atoms with van der Waals surface area (Å²) in [5.41, 5.74) is 1.48. The molecule has 4 heteroatoms. The lowest BCUT2D eigenvalue weighted by Crippen LogP contribution is -1.98. The van der Waals surface area contributed by atoms with Crippen LogP contribution in [0.1, 0.15) is 25.7 Å². The Morgan fingerprint density at radius 2 is 1.39 bits per heavy atom. The third-order valence-corrected chi connectivity index (χ3v) is 3.62. The lowest BCUT2D eigenvalue weighted by Gasteiger charge is -2.08. The Kier molecular flexibility index (Phi) is 7.01. The number of methoxy groups -OCH3 is 1. The second-order valence-electron chi connectivity index (χ2n) is 5.41. The van der Waals surface area contributed by atoms with E-state index in [1.165, 1.54) is 6.07 Å². The molecule has 0 N–H and O–H groups in total. The van der Waals surface area contributed by atoms with Crippen LogP contribution in [0.2, 0.25) is 0 Å². The van der Waals surface area contributed by atoms with Gasteiger partial charge in [0.05, 0.1) is 6.61 Å². The first-order valence-electron chi connectivity index (χ1n) is 7.88. The molecule has 0 aliphatic rings. The van der Waals surface area contributed by atoms with Crippen LogP contribution in [-0.4, -0.2) is 20.3 Å². The Morgan fingerprint density at radius 3 is 2.04 bits per heavy atom. The number of halogens is 2. The van der Waals surface area contributed by atoms with Crippen molar-refractivity contribution in [1.29, 1.82) is 0 Å². The van der Waals surface area contributed by atoms with Crippen molar-refractivity contribution in [1.82, 2.24) is 0 Å². The topological polar surface area (TPSA) is 18.5 Å². The minimum atomic E-state index is -0.837. The van der Waals surface area contributed by atoms with Gasteiger partial charge in [0.1, 0.15) is 5.75 Å². The molecule has 0 spiro atoms. The molecule has 0 fully saturated rings. The summed E-state index contributed by atoms with van der Waals surface area (Å²) in [5.74, 6) is -0.885. The lowest BCUT2D eigenvalue weighted by molar-refractivity contribution is 0.191. The summed E-state index contributed by atoms with van der Waals surface area (Å²) in [6.45, 7) is 1.49. The van der Waals surface area contributed by atoms with Gasteiger partial charge in [-0.15, -0.1) is 0 Å². The van der Waals surface area contributed by atoms with Crippen molar-refractivity contribution < 1.29 is 18.3 Å². The highest BCUT2D eigenvalue weighted by atomic mass is 19.2. The van der Waals surface area contributed by atoms with Crippen molar-refractivity contribution in [2.24, 2.45) is 0 Å². The van der Waals surface area contributed by atoms with Crippen LogP contribution >= 0.6 is 0 Å². The van der Waals surface area contributed by atoms with Crippen LogP contribution in [0.5, 0.6) is 5.75 Å². The van der Waals surface area contributed by atoms with E-state index in [0.717, 1.165) is 49.7 Å². The summed E-state index contributed by atoms with van der Waals surface area (Å²) >= 11 is 0. The largest absolute Gasteiger partial charge is 0.494 e. The molecule has 0 aliphatic heterocycles. The summed E-state index contributed by atoms with van der Waals surface area (Å²) in [7, 11) is 1.72. The second kappa shape index (κ2) is 9.26. The number of hydrogen-bond acceptors (Lipinski definition) is 2. The molecule has 0 aromatic heterocycles. The highest BCUT2D eigenvalue weighted by Gasteiger charge is 2.04. The van der Waals surface area contributed by atoms with Crippen LogP contribution in [0, 0.1) is 11.6 Å². The van der Waals surface area contributed by atoms with Crippen molar-refractivity contribution in [2.45, 2.75) is 25.7 Å². The van der Waals surface area contributed by atoms with Crippen LogP contribution in [0.3, 0.4) is 0 Å². The molecule has 0 unspecified atom stereocenters. The molecule has 0 saturated carbocycles. The molecule has 0 atom stereocenters. The quantitative estimate of drug-likeness (QED) is 0.590. The van der Waals surface area contributed by atoms with Gasteiger partial charge in [-0.25, -0.2) is 8.78 Å². The number of unbranched alkanes of at least 4 members (excludes halogenated alkanes) is 3. The van der Waals surface area contributed by atoms with Crippen LogP contribution in [0.4, 0.5) is 8.78 Å². The molecule has 0 radical (unpaired) electrons. The van der Waals surface area contributed by atoms with E-state index in [9.17, 15) is 8.78 Å². The van der Waals surface area contributed by atoms with Gasteiger partial charge in [0, 0.05) is 13.7 Å². The van der Waals surface area contributed by atoms with Crippen molar-refractivity contribution in [3.05, 3.63) is 54.1 Å². The van der Waals surface area contributed by atoms with E-state index < -0.39 is 11.6 Å². The molecule has 2 nitrogen and oxygen atoms in total. The molecule has 2 rings (SSSR count). The third-order valence-electron chi connectivity index (χ3n) is 3.62. The fourth-order valence-electron chi connectivity index (χ4n) is 2.31. The zero-order chi connectivity index (χ0) is 16.5. The van der Waals surface area contributed by atoms with E-state index in [0.29, 0.717) is 12.2 Å². The van der Waals surface area contributed by atoms with Crippen molar-refractivity contribution in [3.8, 4) is 16.9 Å². The highest BCUT2D eigenvalue weighted by Crippen LogP contribution is 2.24. The van der Waals surface area contributed by atoms with E-state index in [-0.39, 0.29) is 0 Å². The molecule has 0 bridgehead atoms. The Labute approximate surface area is 136 Å². The summed E-state index contributed by atoms with van der Waals surface area (Å²) in [4.78, 5) is 0. The number of ether oxygens (including phenoxy) is 2. The second-order valence-corrected chi connectivity index (χ2v) is 5.41. The molecule has 0 amide bonds. The molecule has 0 aliphatic carbocycles. The molecule has 0 saturated heterocycles. The standard InChI is InChI=1S/C19H22F2O2/c1-22-12-4-2-3-5-13-23-17-9-6-15(7-10-17)16-8-11-18(20)19(21)14-16/h6-11,14H,2-5,12-13H2,1H3. The van der Waals surface area contributed by atoms with Gasteiger partial charge in [-0.1, -0.05) is 24.6 Å². The van der Waals surface area contributed by atoms with Gasteiger partial charge in [-0.2, -0.15) is 0 Å². The third kappa shape index (κ3) is 5.64. The van der Waals surface area contributed by atoms with E-state index in [1.54, 1.807) is 13.2 Å². The molecule has 23 heavy (non-hydrogen) atoms. The van der Waals surface area contributed by atoms with Crippen molar-refractivity contribution >= 4 is 0 Å². The summed E-state index contributed by atoms with van der Waals surface area (Å²) in [5, 5.41) is 0. The average Bonchev–Trinajstić information content (AvgIpc) is 2.57. The van der Waals surface area contributed by atoms with Crippen LogP contribution in [0.25, 0.3) is 11.1 Å². The molecular formula is C19H22F2O2. The SMILES string of the molecule is COCCCCCCOc1ccc(-c2ccc(F)c(F)c2)cc1. The van der Waals surface area contributed by atoms with Crippen molar-refractivity contribution in [2.75, 3.05) is 20.3 Å². The predicted octanol–water partition coefficient (Wildman–Crippen LogP) is 5.22. The highest BCUT2D eigenvalue weighted by molar-refractivity contribution is 5.64. The molecule has 2 aromatic carbocycles. The van der Waals surface area contributed by atoms with Crippen LogP contribution in [0.15, 0.2) is 42.5 Å². The molecule has 124 valence electrons. The van der Waals surface area contributed by atoms with Gasteiger partial charge in [-0.3, -0.25) is 0 Å². The Bertz CT molecular complexity index is 597. The fraction of sp³-hybridized carbons (Fsp3) is 0.368. The minimum Gasteiger partial charge on any atom is -0.494 e. The maximum atomic E-state index is 13.3. The maximum absolute atomic E-state index is 13.3. The van der Waals surface area contributed by atoms with Crippen molar-refractivity contribution in [3.63, 3.8) is 0 Å². The maximum Gasteiger partial charge on any atom is 0.159 e. The van der Waals surface area contributed by atoms with Gasteiger partial charge < -0.3 is 9.47 Å². The van der Waals surface area contributed by atoms with E-state index in [2.05, 4.69) is 0 Å². The summed E-state index contributed by atoms with van der Waals surface area (Å²) in [6.07, 6.45) is 4.36. The first kappa shape index (κ1) is 17.4. The molecular weight excluding hydrogens is 298 g/mol. The minimum absolute atomic E-state index is 0.647. The predicted molar refractivity (Wildman–Crippen MR) is 87.6 cm³/mol. The average molecular weight is 320 g/mol. The Morgan fingerprint density at radius 1 is 0.739 bits per heavy atom. The zero-order valence-corrected chi connectivity index (χ0v) is 13.4. The van der Waals surface area contributed by atoms with E-state index >= 15 is 0 Å². The Hall–Kier alpha value is -1.94. The van der Waals surface area contributed by atoms with E-state index in [4.69, 9.17) is 9.47 Å². The molecule has 0 heterocycles. The van der Waals surface area contributed by atoms with Crippen LogP contribution in [-0.2, 0) is 4.74 Å². The fourth-order valence-corrected chi connectivity index (χ4v) is 2.31. The van der Waals surface area contributed by atoms with Crippen LogP contribution < -0.4 is 4.74 Å². The normalized spacial score (nSPS) is 10.7. The first-order valence-corrected chi connectivity index (χ1v) is 7.88. The zero-order valence-electron chi connectivity index (χ0n) is 13.4. The summed E-state index contributed by atoms with van der Waals surface area (Å²) in [6, 6.07) is 11.3. The molecule has 2 aromatic rings. The number of benzene rings is 2. The lowest BCUT2D eigenvalue weighted by atomic mass is 10.1. The summed E-state index contributed by atoms with van der Waals surface area (Å²) < 4.78 is 36.9. The van der Waals surface area contributed by atoms with Gasteiger partial charge in [0.15, 0.2) is 11.6 Å². The van der Waals surface area contributed by atoms with E-state index in [1.807, 2.05) is 24.3 Å². The number of hydrogen-bond donors (Lipinski definition) is 0. The monoisotopic (exact) mass is 320 g/mol.